The number of rotatable bonds is 3. The van der Waals surface area contributed by atoms with Crippen LogP contribution >= 0.6 is 0 Å². The van der Waals surface area contributed by atoms with Crippen LogP contribution < -0.4 is 16.0 Å². The second kappa shape index (κ2) is 6.33. The lowest BCUT2D eigenvalue weighted by molar-refractivity contribution is 0.0946. The molecular formula is C17H22N6O. The fourth-order valence-electron chi connectivity index (χ4n) is 3.43. The molecular weight excluding hydrogens is 304 g/mol. The molecule has 0 atom stereocenters. The summed E-state index contributed by atoms with van der Waals surface area (Å²) in [4.78, 5) is 21.4. The smallest absolute Gasteiger partial charge is 0.271 e. The molecule has 0 aromatic carbocycles. The zero-order chi connectivity index (χ0) is 16.5. The zero-order valence-electron chi connectivity index (χ0n) is 13.9. The van der Waals surface area contributed by atoms with E-state index in [1.807, 2.05) is 23.9 Å². The molecule has 4 rings (SSSR count). The van der Waals surface area contributed by atoms with Crippen molar-refractivity contribution < 1.29 is 4.79 Å². The molecule has 126 valence electrons. The molecule has 0 spiro atoms. The molecule has 0 fully saturated rings. The van der Waals surface area contributed by atoms with Gasteiger partial charge in [0.25, 0.3) is 5.91 Å². The number of carbonyl (C=O) groups excluding carboxylic acids is 1. The normalized spacial score (nSPS) is 16.4. The molecule has 0 saturated carbocycles. The van der Waals surface area contributed by atoms with Gasteiger partial charge in [0, 0.05) is 44.3 Å². The second-order valence-electron chi connectivity index (χ2n) is 6.35. The lowest BCUT2D eigenvalue weighted by atomic mass is 9.96. The van der Waals surface area contributed by atoms with Gasteiger partial charge in [-0.3, -0.25) is 9.78 Å². The van der Waals surface area contributed by atoms with Gasteiger partial charge in [-0.25, -0.2) is 4.98 Å². The van der Waals surface area contributed by atoms with Gasteiger partial charge in [-0.2, -0.15) is 0 Å². The first-order valence-corrected chi connectivity index (χ1v) is 8.44. The topological polar surface area (TPSA) is 83.9 Å². The van der Waals surface area contributed by atoms with E-state index in [1.165, 1.54) is 11.1 Å². The number of amides is 1. The van der Waals surface area contributed by atoms with Crippen molar-refractivity contribution in [3.63, 3.8) is 0 Å². The van der Waals surface area contributed by atoms with Gasteiger partial charge in [-0.15, -0.1) is 0 Å². The highest BCUT2D eigenvalue weighted by molar-refractivity contribution is 5.92. The summed E-state index contributed by atoms with van der Waals surface area (Å²) in [5.74, 6) is 0.801. The number of fused-ring (bicyclic) bond motifs is 2. The molecule has 2 aromatic rings. The van der Waals surface area contributed by atoms with E-state index in [1.54, 1.807) is 0 Å². The van der Waals surface area contributed by atoms with Crippen molar-refractivity contribution in [3.8, 4) is 0 Å². The Hall–Kier alpha value is -2.25. The van der Waals surface area contributed by atoms with Gasteiger partial charge in [-0.1, -0.05) is 0 Å². The Bertz CT molecular complexity index is 758. The van der Waals surface area contributed by atoms with Crippen molar-refractivity contribution in [2.24, 2.45) is 0 Å². The van der Waals surface area contributed by atoms with Crippen LogP contribution in [0.4, 0.5) is 0 Å². The van der Waals surface area contributed by atoms with Crippen molar-refractivity contribution in [2.75, 3.05) is 13.1 Å². The Morgan fingerprint density at radius 3 is 3.08 bits per heavy atom. The van der Waals surface area contributed by atoms with Crippen molar-refractivity contribution in [1.82, 2.24) is 30.5 Å². The number of carbonyl (C=O) groups is 1. The molecule has 2 aromatic heterocycles. The van der Waals surface area contributed by atoms with Crippen LogP contribution in [0.2, 0.25) is 0 Å². The minimum atomic E-state index is -0.122. The van der Waals surface area contributed by atoms with Gasteiger partial charge in [-0.05, 0) is 36.6 Å². The highest BCUT2D eigenvalue weighted by atomic mass is 16.1. The quantitative estimate of drug-likeness (QED) is 0.754. The van der Waals surface area contributed by atoms with E-state index in [0.29, 0.717) is 12.2 Å². The molecule has 0 saturated heterocycles. The maximum absolute atomic E-state index is 12.5. The summed E-state index contributed by atoms with van der Waals surface area (Å²) in [7, 11) is 0. The average Bonchev–Trinajstić information content (AvgIpc) is 3.05. The number of aryl methyl sites for hydroxylation is 1. The maximum Gasteiger partial charge on any atom is 0.271 e. The third kappa shape index (κ3) is 2.81. The van der Waals surface area contributed by atoms with E-state index in [-0.39, 0.29) is 5.91 Å². The lowest BCUT2D eigenvalue weighted by Gasteiger charge is -2.21. The Morgan fingerprint density at radius 2 is 2.21 bits per heavy atom. The van der Waals surface area contributed by atoms with Gasteiger partial charge >= 0.3 is 0 Å². The van der Waals surface area contributed by atoms with Crippen molar-refractivity contribution in [2.45, 2.75) is 39.5 Å². The van der Waals surface area contributed by atoms with E-state index >= 15 is 0 Å². The first-order chi connectivity index (χ1) is 11.7. The largest absolute Gasteiger partial charge is 0.346 e. The van der Waals surface area contributed by atoms with E-state index in [9.17, 15) is 4.79 Å². The molecule has 1 amide bonds. The van der Waals surface area contributed by atoms with Crippen LogP contribution in [-0.2, 0) is 32.6 Å². The number of hydrogen-bond donors (Lipinski definition) is 3. The summed E-state index contributed by atoms with van der Waals surface area (Å²) in [5, 5.41) is 9.64. The predicted molar refractivity (Wildman–Crippen MR) is 89.5 cm³/mol. The van der Waals surface area contributed by atoms with Gasteiger partial charge < -0.3 is 20.5 Å². The van der Waals surface area contributed by atoms with Crippen LogP contribution in [0, 0.1) is 6.92 Å². The van der Waals surface area contributed by atoms with Gasteiger partial charge in [0.05, 0.1) is 6.54 Å². The zero-order valence-corrected chi connectivity index (χ0v) is 13.9. The molecule has 2 aliphatic heterocycles. The summed E-state index contributed by atoms with van der Waals surface area (Å²) in [6.07, 6.45) is 4.77. The number of aromatic nitrogens is 3. The van der Waals surface area contributed by atoms with Gasteiger partial charge in [0.2, 0.25) is 0 Å². The van der Waals surface area contributed by atoms with Gasteiger partial charge in [0.15, 0.2) is 0 Å². The summed E-state index contributed by atoms with van der Waals surface area (Å²) in [6, 6.07) is 0. The lowest BCUT2D eigenvalue weighted by Crippen LogP contribution is -2.29. The standard InChI is InChI=1S/C17H22N6O/c1-11-14(13-2-3-18-6-12(13)7-20-11)8-21-17(24)15-10-23-5-4-19-9-16(23)22-15/h7,10,18-19H,2-6,8-9H2,1H3,(H,21,24). The highest BCUT2D eigenvalue weighted by Crippen LogP contribution is 2.20. The summed E-state index contributed by atoms with van der Waals surface area (Å²) >= 11 is 0. The Kier molecular flexibility index (Phi) is 4.03. The monoisotopic (exact) mass is 326 g/mol. The molecule has 0 bridgehead atoms. The van der Waals surface area contributed by atoms with Gasteiger partial charge in [0.1, 0.15) is 11.5 Å². The summed E-state index contributed by atoms with van der Waals surface area (Å²) in [5.41, 5.74) is 5.19. The minimum absolute atomic E-state index is 0.122. The third-order valence-electron chi connectivity index (χ3n) is 4.80. The van der Waals surface area contributed by atoms with E-state index < -0.39 is 0 Å². The summed E-state index contributed by atoms with van der Waals surface area (Å²) in [6.45, 7) is 6.82. The fraction of sp³-hybridized carbons (Fsp3) is 0.471. The molecule has 3 N–H and O–H groups in total. The van der Waals surface area contributed by atoms with E-state index in [0.717, 1.165) is 56.2 Å². The molecule has 2 aliphatic rings. The molecule has 24 heavy (non-hydrogen) atoms. The predicted octanol–water partition coefficient (Wildman–Crippen LogP) is 0.265. The molecule has 0 aliphatic carbocycles. The minimum Gasteiger partial charge on any atom is -0.346 e. The fourth-order valence-corrected chi connectivity index (χ4v) is 3.43. The van der Waals surface area contributed by atoms with Crippen LogP contribution in [-0.4, -0.2) is 33.5 Å². The Morgan fingerprint density at radius 1 is 1.33 bits per heavy atom. The molecule has 7 heteroatoms. The van der Waals surface area contributed by atoms with Crippen LogP contribution in [0.3, 0.4) is 0 Å². The first kappa shape index (κ1) is 15.3. The van der Waals surface area contributed by atoms with Crippen LogP contribution in [0.25, 0.3) is 0 Å². The molecule has 7 nitrogen and oxygen atoms in total. The van der Waals surface area contributed by atoms with Crippen molar-refractivity contribution in [1.29, 1.82) is 0 Å². The Labute approximate surface area is 140 Å². The Balaban J connectivity index is 1.51. The van der Waals surface area contributed by atoms with Crippen molar-refractivity contribution >= 4 is 5.91 Å². The van der Waals surface area contributed by atoms with Crippen LogP contribution in [0.5, 0.6) is 0 Å². The first-order valence-electron chi connectivity index (χ1n) is 8.44. The molecule has 4 heterocycles. The van der Waals surface area contributed by atoms with E-state index in [2.05, 4.69) is 25.9 Å². The molecule has 0 radical (unpaired) electrons. The second-order valence-corrected chi connectivity index (χ2v) is 6.35. The SMILES string of the molecule is Cc1ncc2c(c1CNC(=O)c1cn3c(n1)CNCC3)CCNC2. The van der Waals surface area contributed by atoms with E-state index in [4.69, 9.17) is 0 Å². The number of nitrogens with one attached hydrogen (secondary N) is 3. The van der Waals surface area contributed by atoms with Crippen LogP contribution in [0.1, 0.15) is 38.7 Å². The summed E-state index contributed by atoms with van der Waals surface area (Å²) < 4.78 is 2.05. The van der Waals surface area contributed by atoms with Crippen molar-refractivity contribution in [3.05, 3.63) is 46.3 Å². The third-order valence-corrected chi connectivity index (χ3v) is 4.80. The number of pyridine rings is 1. The van der Waals surface area contributed by atoms with Crippen LogP contribution in [0.15, 0.2) is 12.4 Å². The number of nitrogens with zero attached hydrogens (tertiary/aromatic N) is 3. The maximum atomic E-state index is 12.5. The average molecular weight is 326 g/mol. The molecule has 0 unspecified atom stereocenters. The highest BCUT2D eigenvalue weighted by Gasteiger charge is 2.19. The number of hydrogen-bond acceptors (Lipinski definition) is 5. The number of imidazole rings is 1.